The summed E-state index contributed by atoms with van der Waals surface area (Å²) in [5, 5.41) is 13.1. The first kappa shape index (κ1) is 15.2. The monoisotopic (exact) mass is 258 g/mol. The molecule has 1 aliphatic rings. The molecule has 1 rings (SSSR count). The number of ether oxygens (including phenoxy) is 1. The van der Waals surface area contributed by atoms with Crippen molar-refractivity contribution in [2.45, 2.75) is 51.2 Å². The summed E-state index contributed by atoms with van der Waals surface area (Å²) in [6.45, 7) is 7.57. The highest BCUT2D eigenvalue weighted by Crippen LogP contribution is 2.21. The zero-order chi connectivity index (χ0) is 13.8. The van der Waals surface area contributed by atoms with E-state index in [9.17, 15) is 9.90 Å². The fourth-order valence-electron chi connectivity index (χ4n) is 2.04. The molecule has 0 radical (unpaired) electrons. The van der Waals surface area contributed by atoms with Gasteiger partial charge < -0.3 is 20.1 Å². The van der Waals surface area contributed by atoms with Crippen LogP contribution < -0.4 is 5.32 Å². The van der Waals surface area contributed by atoms with E-state index < -0.39 is 17.3 Å². The first-order valence-electron chi connectivity index (χ1n) is 6.58. The van der Waals surface area contributed by atoms with Crippen LogP contribution in [0, 0.1) is 0 Å². The summed E-state index contributed by atoms with van der Waals surface area (Å²) in [5.74, 6) is 0. The molecule has 106 valence electrons. The maximum absolute atomic E-state index is 11.5. The molecule has 18 heavy (non-hydrogen) atoms. The van der Waals surface area contributed by atoms with Crippen LogP contribution in [0.2, 0.25) is 0 Å². The molecule has 1 atom stereocenters. The van der Waals surface area contributed by atoms with Gasteiger partial charge in [-0.25, -0.2) is 4.79 Å². The maximum Gasteiger partial charge on any atom is 0.407 e. The first-order valence-corrected chi connectivity index (χ1v) is 6.58. The van der Waals surface area contributed by atoms with Crippen molar-refractivity contribution >= 4 is 6.09 Å². The molecule has 1 amide bonds. The second-order valence-corrected chi connectivity index (χ2v) is 6.24. The summed E-state index contributed by atoms with van der Waals surface area (Å²) in [7, 11) is 2.05. The molecule has 5 heteroatoms. The van der Waals surface area contributed by atoms with Crippen LogP contribution in [0.3, 0.4) is 0 Å². The van der Waals surface area contributed by atoms with Gasteiger partial charge in [-0.2, -0.15) is 0 Å². The van der Waals surface area contributed by atoms with E-state index in [2.05, 4.69) is 10.2 Å². The molecule has 1 fully saturated rings. The predicted molar refractivity (Wildman–Crippen MR) is 70.5 cm³/mol. The van der Waals surface area contributed by atoms with Crippen molar-refractivity contribution in [3.8, 4) is 0 Å². The molecule has 0 aromatic carbocycles. The van der Waals surface area contributed by atoms with Gasteiger partial charge in [0.25, 0.3) is 0 Å². The van der Waals surface area contributed by atoms with E-state index in [0.717, 1.165) is 19.5 Å². The summed E-state index contributed by atoms with van der Waals surface area (Å²) in [4.78, 5) is 13.7. The Hall–Kier alpha value is -0.810. The molecule has 1 saturated heterocycles. The Labute approximate surface area is 109 Å². The lowest BCUT2D eigenvalue weighted by Crippen LogP contribution is -2.45. The van der Waals surface area contributed by atoms with Gasteiger partial charge in [0.05, 0.1) is 5.60 Å². The number of aliphatic hydroxyl groups is 1. The minimum absolute atomic E-state index is 0.260. The molecule has 0 aromatic heterocycles. The molecule has 0 aromatic rings. The van der Waals surface area contributed by atoms with Crippen LogP contribution in [-0.2, 0) is 4.74 Å². The Morgan fingerprint density at radius 3 is 2.67 bits per heavy atom. The third-order valence-electron chi connectivity index (χ3n) is 3.10. The number of rotatable bonds is 2. The molecule has 0 bridgehead atoms. The minimum atomic E-state index is -0.804. The second-order valence-electron chi connectivity index (χ2n) is 6.24. The third kappa shape index (κ3) is 5.69. The van der Waals surface area contributed by atoms with Gasteiger partial charge in [-0.1, -0.05) is 0 Å². The highest BCUT2D eigenvalue weighted by Gasteiger charge is 2.30. The number of carbonyl (C=O) groups excluding carboxylic acids is 1. The van der Waals surface area contributed by atoms with Crippen LogP contribution in [0.4, 0.5) is 4.79 Å². The van der Waals surface area contributed by atoms with Crippen molar-refractivity contribution in [2.24, 2.45) is 0 Å². The number of hydrogen-bond donors (Lipinski definition) is 2. The molecule has 5 nitrogen and oxygen atoms in total. The average molecular weight is 258 g/mol. The fraction of sp³-hybridized carbons (Fsp3) is 0.923. The highest BCUT2D eigenvalue weighted by molar-refractivity contribution is 5.67. The Morgan fingerprint density at radius 2 is 2.06 bits per heavy atom. The number of nitrogens with one attached hydrogen (secondary N) is 1. The van der Waals surface area contributed by atoms with Crippen LogP contribution in [0.25, 0.3) is 0 Å². The van der Waals surface area contributed by atoms with Crippen molar-refractivity contribution in [1.29, 1.82) is 0 Å². The van der Waals surface area contributed by atoms with Crippen LogP contribution in [0.1, 0.15) is 40.0 Å². The van der Waals surface area contributed by atoms with E-state index in [1.54, 1.807) is 0 Å². The summed E-state index contributed by atoms with van der Waals surface area (Å²) >= 11 is 0. The first-order chi connectivity index (χ1) is 8.20. The van der Waals surface area contributed by atoms with E-state index in [-0.39, 0.29) is 6.54 Å². The zero-order valence-electron chi connectivity index (χ0n) is 12.0. The van der Waals surface area contributed by atoms with E-state index in [0.29, 0.717) is 12.8 Å². The minimum Gasteiger partial charge on any atom is -0.444 e. The van der Waals surface area contributed by atoms with Gasteiger partial charge >= 0.3 is 6.09 Å². The summed E-state index contributed by atoms with van der Waals surface area (Å²) in [6, 6.07) is 0. The van der Waals surface area contributed by atoms with Crippen molar-refractivity contribution in [3.05, 3.63) is 0 Å². The SMILES string of the molecule is CN1CCCC(O)(CNC(=O)OC(C)(C)C)CC1. The van der Waals surface area contributed by atoms with E-state index in [1.807, 2.05) is 27.8 Å². The van der Waals surface area contributed by atoms with Crippen molar-refractivity contribution < 1.29 is 14.6 Å². The van der Waals surface area contributed by atoms with E-state index in [1.165, 1.54) is 0 Å². The van der Waals surface area contributed by atoms with Gasteiger partial charge in [-0.05, 0) is 53.6 Å². The topological polar surface area (TPSA) is 61.8 Å². The van der Waals surface area contributed by atoms with Gasteiger partial charge in [-0.3, -0.25) is 0 Å². The van der Waals surface area contributed by atoms with Gasteiger partial charge in [-0.15, -0.1) is 0 Å². The molecule has 0 spiro atoms. The molecule has 0 aliphatic carbocycles. The lowest BCUT2D eigenvalue weighted by atomic mass is 9.95. The molecule has 1 unspecified atom stereocenters. The fourth-order valence-corrected chi connectivity index (χ4v) is 2.04. The smallest absolute Gasteiger partial charge is 0.407 e. The van der Waals surface area contributed by atoms with Crippen molar-refractivity contribution in [3.63, 3.8) is 0 Å². The van der Waals surface area contributed by atoms with Crippen LogP contribution >= 0.6 is 0 Å². The van der Waals surface area contributed by atoms with Gasteiger partial charge in [0.15, 0.2) is 0 Å². The van der Waals surface area contributed by atoms with E-state index in [4.69, 9.17) is 4.74 Å². The van der Waals surface area contributed by atoms with Crippen molar-refractivity contribution in [1.82, 2.24) is 10.2 Å². The van der Waals surface area contributed by atoms with Gasteiger partial charge in [0.2, 0.25) is 0 Å². The number of likely N-dealkylation sites (tertiary alicyclic amines) is 1. The third-order valence-corrected chi connectivity index (χ3v) is 3.10. The molecular weight excluding hydrogens is 232 g/mol. The van der Waals surface area contributed by atoms with Crippen LogP contribution in [-0.4, -0.2) is 54.0 Å². The molecule has 2 N–H and O–H groups in total. The largest absolute Gasteiger partial charge is 0.444 e. The maximum atomic E-state index is 11.5. The Balaban J connectivity index is 2.39. The number of carbonyl (C=O) groups is 1. The number of alkyl carbamates (subject to hydrolysis) is 1. The summed E-state index contributed by atoms with van der Waals surface area (Å²) in [5.41, 5.74) is -1.31. The van der Waals surface area contributed by atoms with Gasteiger partial charge in [0, 0.05) is 13.1 Å². The Morgan fingerprint density at radius 1 is 1.39 bits per heavy atom. The molecule has 1 heterocycles. The predicted octanol–water partition coefficient (Wildman–Crippen LogP) is 1.36. The standard InChI is InChI=1S/C13H26N2O3/c1-12(2,3)18-11(16)14-10-13(17)6-5-8-15(4)9-7-13/h17H,5-10H2,1-4H3,(H,14,16). The van der Waals surface area contributed by atoms with Crippen LogP contribution in [0.5, 0.6) is 0 Å². The Bertz CT molecular complexity index is 288. The van der Waals surface area contributed by atoms with Gasteiger partial charge in [0.1, 0.15) is 5.60 Å². The van der Waals surface area contributed by atoms with Crippen molar-refractivity contribution in [2.75, 3.05) is 26.7 Å². The molecule has 0 saturated carbocycles. The normalized spacial score (nSPS) is 26.5. The number of nitrogens with zero attached hydrogens (tertiary/aromatic N) is 1. The highest BCUT2D eigenvalue weighted by atomic mass is 16.6. The summed E-state index contributed by atoms with van der Waals surface area (Å²) in [6.07, 6.45) is 1.88. The lowest BCUT2D eigenvalue weighted by Gasteiger charge is -2.28. The summed E-state index contributed by atoms with van der Waals surface area (Å²) < 4.78 is 5.15. The van der Waals surface area contributed by atoms with E-state index >= 15 is 0 Å². The molecule has 1 aliphatic heterocycles. The average Bonchev–Trinajstić information content (AvgIpc) is 2.37. The number of hydrogen-bond acceptors (Lipinski definition) is 4. The quantitative estimate of drug-likeness (QED) is 0.785. The second kappa shape index (κ2) is 5.89. The zero-order valence-corrected chi connectivity index (χ0v) is 12.0. The Kier molecular flexibility index (Phi) is 4.99. The number of amides is 1. The lowest BCUT2D eigenvalue weighted by molar-refractivity contribution is 0.0150. The molecular formula is C13H26N2O3. The van der Waals surface area contributed by atoms with Crippen LogP contribution in [0.15, 0.2) is 0 Å².